The lowest BCUT2D eigenvalue weighted by Crippen LogP contribution is -2.30. The smallest absolute Gasteiger partial charge is 0.242 e. The molecule has 4 nitrogen and oxygen atoms in total. The predicted molar refractivity (Wildman–Crippen MR) is 75.0 cm³/mol. The molecule has 2 heterocycles. The molecule has 2 aliphatic rings. The summed E-state index contributed by atoms with van der Waals surface area (Å²) in [6.45, 7) is 2.39. The SMILES string of the molecule is CNC1CCCc2cn(CC(=O)N3CCCC3)cc21. The van der Waals surface area contributed by atoms with Gasteiger partial charge in [0, 0.05) is 31.5 Å². The molecule has 1 atom stereocenters. The zero-order chi connectivity index (χ0) is 13.2. The number of rotatable bonds is 3. The van der Waals surface area contributed by atoms with Crippen molar-refractivity contribution in [3.05, 3.63) is 23.5 Å². The Labute approximate surface area is 114 Å². The van der Waals surface area contributed by atoms with Crippen molar-refractivity contribution in [2.24, 2.45) is 0 Å². The fourth-order valence-corrected chi connectivity index (χ4v) is 3.36. The molecule has 1 aromatic rings. The molecule has 0 radical (unpaired) electrons. The maximum atomic E-state index is 12.2. The van der Waals surface area contributed by atoms with Crippen LogP contribution in [0.2, 0.25) is 0 Å². The molecule has 0 aromatic carbocycles. The number of fused-ring (bicyclic) bond motifs is 1. The first-order valence-corrected chi connectivity index (χ1v) is 7.41. The summed E-state index contributed by atoms with van der Waals surface area (Å²) in [4.78, 5) is 14.2. The van der Waals surface area contributed by atoms with Gasteiger partial charge in [0.1, 0.15) is 6.54 Å². The third-order valence-corrected chi connectivity index (χ3v) is 4.44. The van der Waals surface area contributed by atoms with Crippen molar-refractivity contribution < 1.29 is 4.79 Å². The van der Waals surface area contributed by atoms with E-state index in [0.29, 0.717) is 12.6 Å². The second-order valence-electron chi connectivity index (χ2n) is 5.73. The minimum Gasteiger partial charge on any atom is -0.344 e. The Balaban J connectivity index is 1.72. The molecular formula is C15H23N3O. The fraction of sp³-hybridized carbons (Fsp3) is 0.667. The molecule has 104 valence electrons. The number of hydrogen-bond donors (Lipinski definition) is 1. The van der Waals surface area contributed by atoms with Crippen molar-refractivity contribution in [1.29, 1.82) is 0 Å². The topological polar surface area (TPSA) is 37.3 Å². The molecule has 0 spiro atoms. The van der Waals surface area contributed by atoms with Gasteiger partial charge in [0.2, 0.25) is 5.91 Å². The van der Waals surface area contributed by atoms with E-state index >= 15 is 0 Å². The molecule has 0 saturated carbocycles. The highest BCUT2D eigenvalue weighted by Gasteiger charge is 2.22. The van der Waals surface area contributed by atoms with Crippen molar-refractivity contribution in [3.63, 3.8) is 0 Å². The van der Waals surface area contributed by atoms with Crippen LogP contribution in [0.5, 0.6) is 0 Å². The van der Waals surface area contributed by atoms with Crippen LogP contribution in [0.15, 0.2) is 12.4 Å². The van der Waals surface area contributed by atoms with E-state index in [4.69, 9.17) is 0 Å². The summed E-state index contributed by atoms with van der Waals surface area (Å²) in [7, 11) is 2.02. The number of hydrogen-bond acceptors (Lipinski definition) is 2. The summed E-state index contributed by atoms with van der Waals surface area (Å²) in [5.41, 5.74) is 2.81. The quantitative estimate of drug-likeness (QED) is 0.899. The first-order chi connectivity index (χ1) is 9.28. The zero-order valence-corrected chi connectivity index (χ0v) is 11.7. The van der Waals surface area contributed by atoms with Gasteiger partial charge in [-0.2, -0.15) is 0 Å². The maximum Gasteiger partial charge on any atom is 0.242 e. The molecule has 1 saturated heterocycles. The lowest BCUT2D eigenvalue weighted by Gasteiger charge is -2.21. The summed E-state index contributed by atoms with van der Waals surface area (Å²) >= 11 is 0. The molecular weight excluding hydrogens is 238 g/mol. The van der Waals surface area contributed by atoms with Crippen molar-refractivity contribution in [2.75, 3.05) is 20.1 Å². The first-order valence-electron chi connectivity index (χ1n) is 7.41. The molecule has 1 N–H and O–H groups in total. The van der Waals surface area contributed by atoms with Gasteiger partial charge >= 0.3 is 0 Å². The Hall–Kier alpha value is -1.29. The van der Waals surface area contributed by atoms with E-state index in [1.165, 1.54) is 24.0 Å². The van der Waals surface area contributed by atoms with E-state index in [1.807, 2.05) is 11.9 Å². The number of nitrogens with zero attached hydrogens (tertiary/aromatic N) is 2. The first kappa shape index (κ1) is 12.7. The number of carbonyl (C=O) groups is 1. The minimum absolute atomic E-state index is 0.269. The molecule has 1 aliphatic carbocycles. The average Bonchev–Trinajstić information content (AvgIpc) is 3.06. The van der Waals surface area contributed by atoms with Gasteiger partial charge in [-0.25, -0.2) is 0 Å². The van der Waals surface area contributed by atoms with Crippen molar-refractivity contribution >= 4 is 5.91 Å². The number of amides is 1. The van der Waals surface area contributed by atoms with Gasteiger partial charge in [-0.1, -0.05) is 0 Å². The van der Waals surface area contributed by atoms with Crippen LogP contribution in [0.25, 0.3) is 0 Å². The van der Waals surface area contributed by atoms with Gasteiger partial charge in [0.05, 0.1) is 0 Å². The Kier molecular flexibility index (Phi) is 3.60. The highest BCUT2D eigenvalue weighted by atomic mass is 16.2. The number of carbonyl (C=O) groups excluding carboxylic acids is 1. The van der Waals surface area contributed by atoms with Gasteiger partial charge in [0.25, 0.3) is 0 Å². The standard InChI is InChI=1S/C15H23N3O/c1-16-14-6-4-5-12-9-17(10-13(12)14)11-15(19)18-7-2-3-8-18/h9-10,14,16H,2-8,11H2,1H3. The number of nitrogens with one attached hydrogen (secondary N) is 1. The van der Waals surface area contributed by atoms with E-state index in [9.17, 15) is 4.79 Å². The lowest BCUT2D eigenvalue weighted by atomic mass is 9.91. The Bertz CT molecular complexity index is 460. The molecule has 3 rings (SSSR count). The summed E-state index contributed by atoms with van der Waals surface area (Å²) in [6.07, 6.45) is 10.3. The van der Waals surface area contributed by atoms with Crippen molar-refractivity contribution in [2.45, 2.75) is 44.7 Å². The van der Waals surface area contributed by atoms with Crippen LogP contribution < -0.4 is 5.32 Å². The Morgan fingerprint density at radius 3 is 2.84 bits per heavy atom. The predicted octanol–water partition coefficient (Wildman–Crippen LogP) is 1.71. The van der Waals surface area contributed by atoms with Gasteiger partial charge in [0.15, 0.2) is 0 Å². The number of aryl methyl sites for hydroxylation is 1. The van der Waals surface area contributed by atoms with Gasteiger partial charge in [-0.15, -0.1) is 0 Å². The van der Waals surface area contributed by atoms with E-state index < -0.39 is 0 Å². The molecule has 1 amide bonds. The van der Waals surface area contributed by atoms with Gasteiger partial charge < -0.3 is 14.8 Å². The van der Waals surface area contributed by atoms with E-state index in [-0.39, 0.29) is 5.91 Å². The summed E-state index contributed by atoms with van der Waals surface area (Å²) in [5, 5.41) is 3.37. The van der Waals surface area contributed by atoms with Crippen LogP contribution in [0.3, 0.4) is 0 Å². The summed E-state index contributed by atoms with van der Waals surface area (Å²) < 4.78 is 2.08. The summed E-state index contributed by atoms with van der Waals surface area (Å²) in [5.74, 6) is 0.269. The van der Waals surface area contributed by atoms with Crippen LogP contribution in [0, 0.1) is 0 Å². The minimum atomic E-state index is 0.269. The second-order valence-corrected chi connectivity index (χ2v) is 5.73. The molecule has 19 heavy (non-hydrogen) atoms. The third kappa shape index (κ3) is 2.54. The number of likely N-dealkylation sites (tertiary alicyclic amines) is 1. The Morgan fingerprint density at radius 1 is 1.32 bits per heavy atom. The van der Waals surface area contributed by atoms with Crippen LogP contribution in [-0.2, 0) is 17.8 Å². The van der Waals surface area contributed by atoms with Crippen LogP contribution in [0.1, 0.15) is 42.9 Å². The molecule has 1 aliphatic heterocycles. The maximum absolute atomic E-state index is 12.2. The largest absolute Gasteiger partial charge is 0.344 e. The molecule has 4 heteroatoms. The molecule has 1 unspecified atom stereocenters. The third-order valence-electron chi connectivity index (χ3n) is 4.44. The summed E-state index contributed by atoms with van der Waals surface area (Å²) in [6, 6.07) is 0.465. The average molecular weight is 261 g/mol. The molecule has 0 bridgehead atoms. The van der Waals surface area contributed by atoms with Crippen molar-refractivity contribution in [3.8, 4) is 0 Å². The highest BCUT2D eigenvalue weighted by molar-refractivity contribution is 5.76. The fourth-order valence-electron chi connectivity index (χ4n) is 3.36. The van der Waals surface area contributed by atoms with Gasteiger partial charge in [-0.05, 0) is 50.3 Å². The normalized spacial score (nSPS) is 22.6. The van der Waals surface area contributed by atoms with Crippen LogP contribution in [-0.4, -0.2) is 35.5 Å². The van der Waals surface area contributed by atoms with E-state index in [0.717, 1.165) is 32.4 Å². The van der Waals surface area contributed by atoms with E-state index in [1.54, 1.807) is 0 Å². The van der Waals surface area contributed by atoms with Crippen LogP contribution in [0.4, 0.5) is 0 Å². The van der Waals surface area contributed by atoms with Gasteiger partial charge in [-0.3, -0.25) is 4.79 Å². The highest BCUT2D eigenvalue weighted by Crippen LogP contribution is 2.30. The molecule has 1 aromatic heterocycles. The zero-order valence-electron chi connectivity index (χ0n) is 11.7. The van der Waals surface area contributed by atoms with E-state index in [2.05, 4.69) is 22.3 Å². The van der Waals surface area contributed by atoms with Crippen molar-refractivity contribution in [1.82, 2.24) is 14.8 Å². The monoisotopic (exact) mass is 261 g/mol. The van der Waals surface area contributed by atoms with Crippen LogP contribution >= 0.6 is 0 Å². The lowest BCUT2D eigenvalue weighted by molar-refractivity contribution is -0.130. The second kappa shape index (κ2) is 5.37. The Morgan fingerprint density at radius 2 is 2.11 bits per heavy atom. The number of aromatic nitrogens is 1. The molecule has 1 fully saturated rings.